The van der Waals surface area contributed by atoms with Gasteiger partial charge in [-0.3, -0.25) is 4.79 Å². The molecule has 0 radical (unpaired) electrons. The van der Waals surface area contributed by atoms with Crippen LogP contribution in [0.5, 0.6) is 0 Å². The van der Waals surface area contributed by atoms with Crippen LogP contribution in [0, 0.1) is 13.8 Å². The number of nitrogens with one attached hydrogen (secondary N) is 1. The van der Waals surface area contributed by atoms with Gasteiger partial charge in [-0.05, 0) is 31.9 Å². The highest BCUT2D eigenvalue weighted by Crippen LogP contribution is 2.20. The highest BCUT2D eigenvalue weighted by molar-refractivity contribution is 7.85. The number of anilines is 1. The molecule has 0 unspecified atom stereocenters. The van der Waals surface area contributed by atoms with Crippen molar-refractivity contribution < 1.29 is 4.79 Å². The van der Waals surface area contributed by atoms with Crippen LogP contribution in [0.25, 0.3) is 0 Å². The lowest BCUT2D eigenvalue weighted by Crippen LogP contribution is -2.13. The topological polar surface area (TPSA) is 29.1 Å². The van der Waals surface area contributed by atoms with Gasteiger partial charge in [-0.1, -0.05) is 24.3 Å². The van der Waals surface area contributed by atoms with E-state index in [2.05, 4.69) is 17.9 Å². The number of hydrogen-bond donors (Lipinski definition) is 2. The fraction of sp³-hybridized carbons (Fsp3) is 0.250. The summed E-state index contributed by atoms with van der Waals surface area (Å²) >= 11 is 4.07. The van der Waals surface area contributed by atoms with E-state index in [-0.39, 0.29) is 5.91 Å². The highest BCUT2D eigenvalue weighted by Gasteiger charge is 2.08. The van der Waals surface area contributed by atoms with Crippen molar-refractivity contribution in [2.45, 2.75) is 20.8 Å². The van der Waals surface area contributed by atoms with Gasteiger partial charge in [0.15, 0.2) is 0 Å². The first-order valence-corrected chi connectivity index (χ1v) is 5.23. The Hall–Kier alpha value is -1.22. The van der Waals surface area contributed by atoms with Crippen molar-refractivity contribution in [1.29, 1.82) is 0 Å². The standard InChI is InChI=1S/C12H15NOS/c1-4-10(15)12(14)13-11-8(2)6-5-7-9(11)3/h4-7,15H,1-3H3,(H,13,14)/b10-4-. The molecule has 0 aromatic heterocycles. The van der Waals surface area contributed by atoms with Crippen molar-refractivity contribution in [2.75, 3.05) is 5.32 Å². The van der Waals surface area contributed by atoms with Gasteiger partial charge in [0.25, 0.3) is 5.91 Å². The molecule has 0 aliphatic heterocycles. The Balaban J connectivity index is 2.95. The summed E-state index contributed by atoms with van der Waals surface area (Å²) in [6, 6.07) is 5.91. The molecule has 1 aromatic rings. The lowest BCUT2D eigenvalue weighted by atomic mass is 10.1. The van der Waals surface area contributed by atoms with Gasteiger partial charge in [-0.25, -0.2) is 0 Å². The maximum atomic E-state index is 11.6. The van der Waals surface area contributed by atoms with Crippen molar-refractivity contribution in [3.05, 3.63) is 40.3 Å². The number of thiol groups is 1. The number of amides is 1. The summed E-state index contributed by atoms with van der Waals surface area (Å²) in [6.07, 6.45) is 1.67. The molecular weight excluding hydrogens is 206 g/mol. The number of rotatable bonds is 2. The lowest BCUT2D eigenvalue weighted by molar-refractivity contribution is -0.112. The molecule has 0 atom stereocenters. The van der Waals surface area contributed by atoms with E-state index >= 15 is 0 Å². The Morgan fingerprint density at radius 1 is 1.33 bits per heavy atom. The van der Waals surface area contributed by atoms with Gasteiger partial charge in [-0.2, -0.15) is 0 Å². The smallest absolute Gasteiger partial charge is 0.261 e. The van der Waals surface area contributed by atoms with Gasteiger partial charge in [0.2, 0.25) is 0 Å². The van der Waals surface area contributed by atoms with E-state index in [4.69, 9.17) is 0 Å². The summed E-state index contributed by atoms with van der Waals surface area (Å²) in [5.74, 6) is -0.168. The quantitative estimate of drug-likeness (QED) is 0.583. The third kappa shape index (κ3) is 2.86. The number of aryl methyl sites for hydroxylation is 2. The minimum absolute atomic E-state index is 0.168. The molecule has 0 aliphatic carbocycles. The van der Waals surface area contributed by atoms with Gasteiger partial charge in [-0.15, -0.1) is 12.6 Å². The molecule has 0 spiro atoms. The molecule has 0 saturated carbocycles. The highest BCUT2D eigenvalue weighted by atomic mass is 32.1. The molecular formula is C12H15NOS. The predicted octanol–water partition coefficient (Wildman–Crippen LogP) is 3.08. The number of carbonyl (C=O) groups is 1. The van der Waals surface area contributed by atoms with Crippen LogP contribution in [0.2, 0.25) is 0 Å². The molecule has 1 N–H and O–H groups in total. The lowest BCUT2D eigenvalue weighted by Gasteiger charge is -2.10. The van der Waals surface area contributed by atoms with E-state index in [0.29, 0.717) is 4.91 Å². The first kappa shape index (κ1) is 11.9. The maximum absolute atomic E-state index is 11.6. The molecule has 0 heterocycles. The molecule has 0 aliphatic rings. The van der Waals surface area contributed by atoms with E-state index in [9.17, 15) is 4.79 Å². The largest absolute Gasteiger partial charge is 0.321 e. The van der Waals surface area contributed by atoms with Crippen molar-refractivity contribution in [3.63, 3.8) is 0 Å². The minimum Gasteiger partial charge on any atom is -0.321 e. The molecule has 15 heavy (non-hydrogen) atoms. The Morgan fingerprint density at radius 3 is 2.33 bits per heavy atom. The van der Waals surface area contributed by atoms with Crippen LogP contribution in [-0.4, -0.2) is 5.91 Å². The zero-order valence-corrected chi connectivity index (χ0v) is 10.1. The second-order valence-electron chi connectivity index (χ2n) is 3.39. The SMILES string of the molecule is C/C=C(\S)C(=O)Nc1c(C)cccc1C. The van der Waals surface area contributed by atoms with Crippen LogP contribution in [0.15, 0.2) is 29.2 Å². The van der Waals surface area contributed by atoms with Crippen LogP contribution in [-0.2, 0) is 4.79 Å². The zero-order valence-electron chi connectivity index (χ0n) is 9.16. The molecule has 0 saturated heterocycles. The summed E-state index contributed by atoms with van der Waals surface area (Å²) in [5.41, 5.74) is 2.98. The van der Waals surface area contributed by atoms with Crippen molar-refractivity contribution in [3.8, 4) is 0 Å². The number of allylic oxidation sites excluding steroid dienone is 1. The Morgan fingerprint density at radius 2 is 1.87 bits per heavy atom. The van der Waals surface area contributed by atoms with Crippen molar-refractivity contribution in [2.24, 2.45) is 0 Å². The summed E-state index contributed by atoms with van der Waals surface area (Å²) in [4.78, 5) is 12.0. The Kier molecular flexibility index (Phi) is 3.97. The summed E-state index contributed by atoms with van der Waals surface area (Å²) in [5, 5.41) is 2.85. The summed E-state index contributed by atoms with van der Waals surface area (Å²) < 4.78 is 0. The average Bonchev–Trinajstić information content (AvgIpc) is 2.22. The maximum Gasteiger partial charge on any atom is 0.261 e. The number of para-hydroxylation sites is 1. The van der Waals surface area contributed by atoms with E-state index in [1.807, 2.05) is 32.0 Å². The van der Waals surface area contributed by atoms with Crippen LogP contribution >= 0.6 is 12.6 Å². The van der Waals surface area contributed by atoms with Gasteiger partial charge >= 0.3 is 0 Å². The van der Waals surface area contributed by atoms with E-state index < -0.39 is 0 Å². The van der Waals surface area contributed by atoms with Gasteiger partial charge in [0, 0.05) is 5.69 Å². The number of benzene rings is 1. The second kappa shape index (κ2) is 5.03. The molecule has 1 aromatic carbocycles. The fourth-order valence-electron chi connectivity index (χ4n) is 1.32. The van der Waals surface area contributed by atoms with Crippen molar-refractivity contribution >= 4 is 24.2 Å². The third-order valence-corrected chi connectivity index (χ3v) is 2.69. The van der Waals surface area contributed by atoms with E-state index in [0.717, 1.165) is 16.8 Å². The number of carbonyl (C=O) groups excluding carboxylic acids is 1. The summed E-state index contributed by atoms with van der Waals surface area (Å²) in [6.45, 7) is 5.72. The van der Waals surface area contributed by atoms with E-state index in [1.165, 1.54) is 0 Å². The fourth-order valence-corrected chi connectivity index (χ4v) is 1.38. The summed E-state index contributed by atoms with van der Waals surface area (Å²) in [7, 11) is 0. The molecule has 80 valence electrons. The molecule has 2 nitrogen and oxygen atoms in total. The normalized spacial score (nSPS) is 11.3. The zero-order chi connectivity index (χ0) is 11.4. The first-order valence-electron chi connectivity index (χ1n) is 4.79. The van der Waals surface area contributed by atoms with Gasteiger partial charge < -0.3 is 5.32 Å². The predicted molar refractivity (Wildman–Crippen MR) is 67.3 cm³/mol. The molecule has 0 bridgehead atoms. The van der Waals surface area contributed by atoms with Crippen molar-refractivity contribution in [1.82, 2.24) is 0 Å². The second-order valence-corrected chi connectivity index (χ2v) is 3.88. The molecule has 1 rings (SSSR count). The Labute approximate surface area is 95.8 Å². The Bertz CT molecular complexity index is 390. The van der Waals surface area contributed by atoms with Crippen LogP contribution in [0.3, 0.4) is 0 Å². The van der Waals surface area contributed by atoms with Crippen LogP contribution in [0.4, 0.5) is 5.69 Å². The molecule has 3 heteroatoms. The number of hydrogen-bond acceptors (Lipinski definition) is 2. The van der Waals surface area contributed by atoms with Crippen LogP contribution in [0.1, 0.15) is 18.1 Å². The molecule has 1 amide bonds. The first-order chi connectivity index (χ1) is 7.06. The monoisotopic (exact) mass is 221 g/mol. The van der Waals surface area contributed by atoms with Gasteiger partial charge in [0.1, 0.15) is 0 Å². The average molecular weight is 221 g/mol. The molecule has 0 fully saturated rings. The van der Waals surface area contributed by atoms with Crippen LogP contribution < -0.4 is 5.32 Å². The van der Waals surface area contributed by atoms with Gasteiger partial charge in [0.05, 0.1) is 4.91 Å². The van der Waals surface area contributed by atoms with E-state index in [1.54, 1.807) is 13.0 Å². The third-order valence-electron chi connectivity index (χ3n) is 2.23. The minimum atomic E-state index is -0.168.